The summed E-state index contributed by atoms with van der Waals surface area (Å²) < 4.78 is 17.3. The molecule has 3 aromatic carbocycles. The van der Waals surface area contributed by atoms with Gasteiger partial charge in [0, 0.05) is 0 Å². The number of unbranched alkanes of at least 4 members (excludes halogenated alkanes) is 1. The number of hydroxylamine groups is 1. The first-order valence-corrected chi connectivity index (χ1v) is 13.0. The molecule has 0 unspecified atom stereocenters. The number of carbonyl (C=O) groups excluding carboxylic acids is 2. The second-order valence-electron chi connectivity index (χ2n) is 9.18. The summed E-state index contributed by atoms with van der Waals surface area (Å²) in [4.78, 5) is 35.1. The van der Waals surface area contributed by atoms with Crippen LogP contribution in [0.4, 0.5) is 11.4 Å². The molecule has 2 heterocycles. The highest BCUT2D eigenvalue weighted by molar-refractivity contribution is 6.24. The molecule has 0 aliphatic carbocycles. The topological polar surface area (TPSA) is 77.5 Å². The Bertz CT molecular complexity index is 1300. The molecule has 0 N–H and O–H groups in total. The van der Waals surface area contributed by atoms with Crippen molar-refractivity contribution in [2.24, 2.45) is 5.92 Å². The van der Waals surface area contributed by atoms with E-state index in [2.05, 4.69) is 6.92 Å². The summed E-state index contributed by atoms with van der Waals surface area (Å²) in [6.07, 6.45) is 0.980. The van der Waals surface area contributed by atoms with E-state index < -0.39 is 24.0 Å². The number of anilines is 2. The molecule has 2 amide bonds. The molecule has 0 aromatic heterocycles. The van der Waals surface area contributed by atoms with Crippen molar-refractivity contribution in [3.8, 4) is 17.2 Å². The fraction of sp³-hybridized carbons (Fsp3) is 0.333. The van der Waals surface area contributed by atoms with Crippen molar-refractivity contribution in [2.45, 2.75) is 38.8 Å². The lowest BCUT2D eigenvalue weighted by atomic mass is 9.90. The maximum absolute atomic E-state index is 14.0. The van der Waals surface area contributed by atoms with Crippen LogP contribution in [0, 0.1) is 5.92 Å². The molecular weight excluding hydrogens is 484 g/mol. The van der Waals surface area contributed by atoms with Crippen LogP contribution in [0.25, 0.3) is 0 Å². The van der Waals surface area contributed by atoms with Gasteiger partial charge in [-0.05, 0) is 55.3 Å². The number of imide groups is 1. The number of fused-ring (bicyclic) bond motifs is 1. The van der Waals surface area contributed by atoms with Gasteiger partial charge in [0.2, 0.25) is 5.91 Å². The molecular formula is C30H32N2O6. The number of hydrogen-bond donors (Lipinski definition) is 0. The summed E-state index contributed by atoms with van der Waals surface area (Å²) in [6.45, 7) is 5.07. The number of amides is 2. The summed E-state index contributed by atoms with van der Waals surface area (Å²) in [7, 11) is 1.51. The van der Waals surface area contributed by atoms with Crippen LogP contribution in [0.3, 0.4) is 0 Å². The van der Waals surface area contributed by atoms with Gasteiger partial charge < -0.3 is 14.2 Å². The molecule has 0 saturated carbocycles. The summed E-state index contributed by atoms with van der Waals surface area (Å²) >= 11 is 0. The van der Waals surface area contributed by atoms with E-state index in [1.807, 2.05) is 55.5 Å². The van der Waals surface area contributed by atoms with Crippen molar-refractivity contribution in [1.29, 1.82) is 0 Å². The Labute approximate surface area is 222 Å². The van der Waals surface area contributed by atoms with Crippen LogP contribution in [-0.4, -0.2) is 38.2 Å². The highest BCUT2D eigenvalue weighted by Crippen LogP contribution is 2.49. The minimum Gasteiger partial charge on any atom is -0.495 e. The van der Waals surface area contributed by atoms with E-state index in [1.54, 1.807) is 29.3 Å². The minimum atomic E-state index is -0.978. The molecule has 0 bridgehead atoms. The first-order valence-electron chi connectivity index (χ1n) is 13.0. The molecule has 2 aliphatic rings. The zero-order valence-electron chi connectivity index (χ0n) is 21.8. The van der Waals surface area contributed by atoms with Crippen LogP contribution >= 0.6 is 0 Å². The molecule has 5 rings (SSSR count). The van der Waals surface area contributed by atoms with Gasteiger partial charge in [0.05, 0.1) is 37.7 Å². The number of ether oxygens (including phenoxy) is 3. The van der Waals surface area contributed by atoms with Gasteiger partial charge in [0.25, 0.3) is 5.91 Å². The van der Waals surface area contributed by atoms with Crippen LogP contribution < -0.4 is 24.2 Å². The summed E-state index contributed by atoms with van der Waals surface area (Å²) in [6, 6.07) is 21.6. The summed E-state index contributed by atoms with van der Waals surface area (Å²) in [5, 5.41) is 1.67. The maximum Gasteiger partial charge on any atom is 0.266 e. The van der Waals surface area contributed by atoms with Crippen molar-refractivity contribution in [3.63, 3.8) is 0 Å². The van der Waals surface area contributed by atoms with E-state index in [0.717, 1.165) is 24.1 Å². The van der Waals surface area contributed by atoms with Crippen molar-refractivity contribution < 1.29 is 28.6 Å². The predicted octanol–water partition coefficient (Wildman–Crippen LogP) is 5.32. The molecule has 3 aromatic rings. The first-order chi connectivity index (χ1) is 18.6. The number of benzene rings is 3. The molecule has 8 nitrogen and oxygen atoms in total. The summed E-state index contributed by atoms with van der Waals surface area (Å²) in [5.74, 6) is 0.157. The van der Waals surface area contributed by atoms with Crippen LogP contribution in [0.1, 0.15) is 38.3 Å². The lowest BCUT2D eigenvalue weighted by Gasteiger charge is -2.29. The summed E-state index contributed by atoms with van der Waals surface area (Å²) in [5.41, 5.74) is 1.94. The Morgan fingerprint density at radius 2 is 1.61 bits per heavy atom. The third kappa shape index (κ3) is 4.56. The largest absolute Gasteiger partial charge is 0.495 e. The zero-order chi connectivity index (χ0) is 26.6. The standard InChI is InChI=1S/C30H32N2O6/c1-4-6-18-37-24-17-16-20(19-25(24)36-5-2)27-26-28(38-32(27)21-12-8-7-9-13-21)30(34)31(29(26)33)22-14-10-11-15-23(22)35-3/h7-17,19,26-28H,4-6,18H2,1-3H3/t26-,27+,28+/m0/s1. The number of carbonyl (C=O) groups is 2. The Hall–Kier alpha value is -4.04. The maximum atomic E-state index is 14.0. The van der Waals surface area contributed by atoms with Gasteiger partial charge in [-0.25, -0.2) is 9.96 Å². The van der Waals surface area contributed by atoms with E-state index in [0.29, 0.717) is 36.1 Å². The van der Waals surface area contributed by atoms with Gasteiger partial charge in [-0.1, -0.05) is 49.7 Å². The van der Waals surface area contributed by atoms with Crippen molar-refractivity contribution in [2.75, 3.05) is 30.3 Å². The van der Waals surface area contributed by atoms with Crippen molar-refractivity contribution in [3.05, 3.63) is 78.4 Å². The number of rotatable bonds is 10. The Kier molecular flexibility index (Phi) is 7.51. The molecule has 38 heavy (non-hydrogen) atoms. The molecule has 8 heteroatoms. The third-order valence-electron chi connectivity index (χ3n) is 6.82. The quantitative estimate of drug-likeness (QED) is 0.266. The Morgan fingerprint density at radius 1 is 0.842 bits per heavy atom. The number of nitrogens with zero attached hydrogens (tertiary/aromatic N) is 2. The third-order valence-corrected chi connectivity index (χ3v) is 6.82. The number of para-hydroxylation sites is 3. The molecule has 198 valence electrons. The van der Waals surface area contributed by atoms with Crippen molar-refractivity contribution in [1.82, 2.24) is 0 Å². The smallest absolute Gasteiger partial charge is 0.266 e. The van der Waals surface area contributed by atoms with E-state index in [-0.39, 0.29) is 5.91 Å². The number of hydrogen-bond acceptors (Lipinski definition) is 7. The fourth-order valence-corrected chi connectivity index (χ4v) is 5.03. The predicted molar refractivity (Wildman–Crippen MR) is 144 cm³/mol. The molecule has 2 aliphatic heterocycles. The van der Waals surface area contributed by atoms with Crippen LogP contribution in [0.15, 0.2) is 72.8 Å². The lowest BCUT2D eigenvalue weighted by Crippen LogP contribution is -2.37. The van der Waals surface area contributed by atoms with Crippen LogP contribution in [0.5, 0.6) is 17.2 Å². The van der Waals surface area contributed by atoms with Gasteiger partial charge >= 0.3 is 0 Å². The highest BCUT2D eigenvalue weighted by atomic mass is 16.7. The SMILES string of the molecule is CCCCOc1ccc([C@@H]2[C@@H]3C(=O)N(c4ccccc4OC)C(=O)[C@@H]3ON2c2ccccc2)cc1OCC. The first kappa shape index (κ1) is 25.6. The van der Waals surface area contributed by atoms with E-state index in [4.69, 9.17) is 19.0 Å². The van der Waals surface area contributed by atoms with Gasteiger partial charge in [0.15, 0.2) is 17.6 Å². The molecule has 2 saturated heterocycles. The molecule has 3 atom stereocenters. The average Bonchev–Trinajstić information content (AvgIpc) is 3.45. The Balaban J connectivity index is 1.56. The van der Waals surface area contributed by atoms with E-state index >= 15 is 0 Å². The average molecular weight is 517 g/mol. The van der Waals surface area contributed by atoms with Crippen LogP contribution in [-0.2, 0) is 14.4 Å². The van der Waals surface area contributed by atoms with Crippen molar-refractivity contribution >= 4 is 23.2 Å². The second kappa shape index (κ2) is 11.1. The zero-order valence-corrected chi connectivity index (χ0v) is 21.8. The lowest BCUT2D eigenvalue weighted by molar-refractivity contribution is -0.126. The highest BCUT2D eigenvalue weighted by Gasteiger charge is 2.60. The van der Waals surface area contributed by atoms with E-state index in [9.17, 15) is 9.59 Å². The second-order valence-corrected chi connectivity index (χ2v) is 9.18. The normalized spacial score (nSPS) is 20.6. The molecule has 0 radical (unpaired) electrons. The van der Waals surface area contributed by atoms with Gasteiger partial charge in [-0.15, -0.1) is 0 Å². The molecule has 2 fully saturated rings. The molecule has 0 spiro atoms. The number of methoxy groups -OCH3 is 1. The monoisotopic (exact) mass is 516 g/mol. The van der Waals surface area contributed by atoms with Gasteiger partial charge in [0.1, 0.15) is 11.7 Å². The minimum absolute atomic E-state index is 0.339. The Morgan fingerprint density at radius 3 is 2.34 bits per heavy atom. The van der Waals surface area contributed by atoms with E-state index in [1.165, 1.54) is 12.0 Å². The fourth-order valence-electron chi connectivity index (χ4n) is 5.03. The van der Waals surface area contributed by atoms with Gasteiger partial charge in [-0.2, -0.15) is 0 Å². The van der Waals surface area contributed by atoms with Gasteiger partial charge in [-0.3, -0.25) is 14.4 Å². The van der Waals surface area contributed by atoms with Crippen LogP contribution in [0.2, 0.25) is 0 Å².